The summed E-state index contributed by atoms with van der Waals surface area (Å²) >= 11 is 1.09. The molecule has 0 aliphatic rings. The van der Waals surface area contributed by atoms with Gasteiger partial charge in [-0.05, 0) is 42.3 Å². The number of amides is 1. The fourth-order valence-electron chi connectivity index (χ4n) is 4.21. The van der Waals surface area contributed by atoms with Crippen LogP contribution in [0.15, 0.2) is 51.0 Å². The number of rotatable bonds is 11. The topological polar surface area (TPSA) is 136 Å². The average molecular weight is 582 g/mol. The van der Waals surface area contributed by atoms with Crippen LogP contribution in [0, 0.1) is 0 Å². The predicted octanol–water partition coefficient (Wildman–Crippen LogP) is 2.18. The Morgan fingerprint density at radius 3 is 2.15 bits per heavy atom. The lowest BCUT2D eigenvalue weighted by Gasteiger charge is -2.13. The van der Waals surface area contributed by atoms with Crippen LogP contribution in [0.5, 0.6) is 23.0 Å². The van der Waals surface area contributed by atoms with Gasteiger partial charge in [-0.2, -0.15) is 0 Å². The van der Waals surface area contributed by atoms with Crippen molar-refractivity contribution in [1.82, 2.24) is 24.4 Å². The van der Waals surface area contributed by atoms with Crippen LogP contribution < -0.4 is 35.5 Å². The summed E-state index contributed by atoms with van der Waals surface area (Å²) in [5.74, 6) is 2.26. The molecule has 2 aromatic carbocycles. The van der Waals surface area contributed by atoms with Crippen molar-refractivity contribution in [1.29, 1.82) is 0 Å². The van der Waals surface area contributed by atoms with Gasteiger partial charge in [0, 0.05) is 26.2 Å². The van der Waals surface area contributed by atoms with Gasteiger partial charge in [0.05, 0.1) is 34.2 Å². The van der Waals surface area contributed by atoms with E-state index >= 15 is 0 Å². The van der Waals surface area contributed by atoms with E-state index in [0.29, 0.717) is 41.5 Å². The summed E-state index contributed by atoms with van der Waals surface area (Å²) in [4.78, 5) is 47.7. The molecule has 0 bridgehead atoms. The number of thioether (sulfide) groups is 1. The van der Waals surface area contributed by atoms with Crippen molar-refractivity contribution < 1.29 is 23.7 Å². The van der Waals surface area contributed by atoms with Crippen molar-refractivity contribution in [3.63, 3.8) is 0 Å². The minimum absolute atomic E-state index is 0.00455. The Kier molecular flexibility index (Phi) is 9.17. The van der Waals surface area contributed by atoms with Crippen LogP contribution >= 0.6 is 11.8 Å². The molecule has 2 heterocycles. The van der Waals surface area contributed by atoms with E-state index in [0.717, 1.165) is 21.9 Å². The largest absolute Gasteiger partial charge is 0.493 e. The molecule has 12 nitrogen and oxygen atoms in total. The van der Waals surface area contributed by atoms with Crippen molar-refractivity contribution in [2.45, 2.75) is 11.4 Å². The normalized spacial score (nSPS) is 10.9. The highest BCUT2D eigenvalue weighted by atomic mass is 32.2. The second kappa shape index (κ2) is 12.8. The Morgan fingerprint density at radius 2 is 1.49 bits per heavy atom. The van der Waals surface area contributed by atoms with E-state index in [1.165, 1.54) is 32.9 Å². The molecule has 41 heavy (non-hydrogen) atoms. The molecule has 0 fully saturated rings. The number of methoxy groups -OCH3 is 4. The van der Waals surface area contributed by atoms with Crippen molar-refractivity contribution in [3.05, 3.63) is 62.8 Å². The summed E-state index contributed by atoms with van der Waals surface area (Å²) in [6.45, 7) is 0.395. The molecular weight excluding hydrogens is 550 g/mol. The number of carbonyl (C=O) groups is 1. The molecule has 0 aliphatic heterocycles. The Balaban J connectivity index is 1.60. The molecule has 216 valence electrons. The Morgan fingerprint density at radius 1 is 0.854 bits per heavy atom. The lowest BCUT2D eigenvalue weighted by molar-refractivity contribution is -0.118. The van der Waals surface area contributed by atoms with E-state index in [1.807, 2.05) is 18.2 Å². The van der Waals surface area contributed by atoms with Crippen molar-refractivity contribution in [3.8, 4) is 34.4 Å². The lowest BCUT2D eigenvalue weighted by atomic mass is 10.1. The molecule has 13 heteroatoms. The summed E-state index contributed by atoms with van der Waals surface area (Å²) in [7, 11) is 9.11. The first-order valence-corrected chi connectivity index (χ1v) is 13.5. The molecule has 0 aliphatic carbocycles. The van der Waals surface area contributed by atoms with E-state index in [-0.39, 0.29) is 33.5 Å². The van der Waals surface area contributed by atoms with E-state index < -0.39 is 11.2 Å². The van der Waals surface area contributed by atoms with Crippen LogP contribution in [-0.4, -0.2) is 65.7 Å². The van der Waals surface area contributed by atoms with Gasteiger partial charge in [0.1, 0.15) is 10.4 Å². The Hall–Kier alpha value is -4.52. The molecule has 4 rings (SSSR count). The molecule has 0 atom stereocenters. The highest BCUT2D eigenvalue weighted by Crippen LogP contribution is 2.33. The first kappa shape index (κ1) is 29.5. The molecule has 0 saturated heterocycles. The zero-order chi connectivity index (χ0) is 29.7. The maximum absolute atomic E-state index is 13.1. The van der Waals surface area contributed by atoms with Crippen LogP contribution in [0.25, 0.3) is 22.4 Å². The number of nitrogens with one attached hydrogen (secondary N) is 1. The molecular formula is C28H31N5O7S. The summed E-state index contributed by atoms with van der Waals surface area (Å²) in [5.41, 5.74) is 0.649. The van der Waals surface area contributed by atoms with Crippen LogP contribution in [-0.2, 0) is 25.3 Å². The molecule has 0 saturated carbocycles. The number of nitrogens with zero attached hydrogens (tertiary/aromatic N) is 4. The Bertz CT molecular complexity index is 1720. The molecule has 0 unspecified atom stereocenters. The minimum Gasteiger partial charge on any atom is -0.493 e. The third-order valence-electron chi connectivity index (χ3n) is 6.43. The monoisotopic (exact) mass is 581 g/mol. The number of aryl methyl sites for hydroxylation is 1. The highest BCUT2D eigenvalue weighted by Gasteiger charge is 2.20. The van der Waals surface area contributed by atoms with Crippen LogP contribution in [0.4, 0.5) is 0 Å². The van der Waals surface area contributed by atoms with E-state index in [4.69, 9.17) is 18.9 Å². The SMILES string of the molecule is COc1ccc(CCNC(=O)CSc2nc(-c3ccc(OC)c(OC)c3)nc3c2c(=O)n(C)c(=O)n3C)cc1OC. The minimum atomic E-state index is -0.543. The van der Waals surface area contributed by atoms with Gasteiger partial charge in [0.15, 0.2) is 34.5 Å². The van der Waals surface area contributed by atoms with Gasteiger partial charge < -0.3 is 24.3 Å². The van der Waals surface area contributed by atoms with Crippen LogP contribution in [0.3, 0.4) is 0 Å². The number of aromatic nitrogens is 4. The number of hydrogen-bond donors (Lipinski definition) is 1. The third kappa shape index (κ3) is 6.14. The van der Waals surface area contributed by atoms with E-state index in [9.17, 15) is 14.4 Å². The first-order chi connectivity index (χ1) is 19.7. The second-order valence-corrected chi connectivity index (χ2v) is 9.87. The Labute approximate surface area is 240 Å². The summed E-state index contributed by atoms with van der Waals surface area (Å²) in [6, 6.07) is 10.7. The van der Waals surface area contributed by atoms with Gasteiger partial charge >= 0.3 is 5.69 Å². The van der Waals surface area contributed by atoms with Gasteiger partial charge in [-0.1, -0.05) is 17.8 Å². The van der Waals surface area contributed by atoms with Gasteiger partial charge in [-0.3, -0.25) is 18.7 Å². The van der Waals surface area contributed by atoms with Gasteiger partial charge in [-0.15, -0.1) is 0 Å². The van der Waals surface area contributed by atoms with Gasteiger partial charge in [0.2, 0.25) is 5.91 Å². The molecule has 0 spiro atoms. The lowest BCUT2D eigenvalue weighted by Crippen LogP contribution is -2.37. The first-order valence-electron chi connectivity index (χ1n) is 12.5. The van der Waals surface area contributed by atoms with Gasteiger partial charge in [0.25, 0.3) is 5.56 Å². The maximum Gasteiger partial charge on any atom is 0.332 e. The second-order valence-electron chi connectivity index (χ2n) is 8.90. The quantitative estimate of drug-likeness (QED) is 0.207. The summed E-state index contributed by atoms with van der Waals surface area (Å²) in [6.07, 6.45) is 0.583. The van der Waals surface area contributed by atoms with E-state index in [2.05, 4.69) is 15.3 Å². The van der Waals surface area contributed by atoms with E-state index in [1.54, 1.807) is 32.4 Å². The number of carbonyl (C=O) groups excluding carboxylic acids is 1. The van der Waals surface area contributed by atoms with Gasteiger partial charge in [-0.25, -0.2) is 14.8 Å². The number of benzene rings is 2. The number of ether oxygens (including phenoxy) is 4. The van der Waals surface area contributed by atoms with Crippen LogP contribution in [0.1, 0.15) is 5.56 Å². The van der Waals surface area contributed by atoms with Crippen LogP contribution in [0.2, 0.25) is 0 Å². The molecule has 2 aromatic heterocycles. The summed E-state index contributed by atoms with van der Waals surface area (Å²) in [5, 5.41) is 3.33. The van der Waals surface area contributed by atoms with Crippen molar-refractivity contribution in [2.24, 2.45) is 14.1 Å². The smallest absolute Gasteiger partial charge is 0.332 e. The highest BCUT2D eigenvalue weighted by molar-refractivity contribution is 8.00. The number of fused-ring (bicyclic) bond motifs is 1. The van der Waals surface area contributed by atoms with Crippen molar-refractivity contribution in [2.75, 3.05) is 40.7 Å². The zero-order valence-electron chi connectivity index (χ0n) is 23.6. The predicted molar refractivity (Wildman–Crippen MR) is 156 cm³/mol. The molecule has 1 amide bonds. The third-order valence-corrected chi connectivity index (χ3v) is 7.41. The molecule has 4 aromatic rings. The zero-order valence-corrected chi connectivity index (χ0v) is 24.5. The fourth-order valence-corrected chi connectivity index (χ4v) is 5.05. The fraction of sp³-hybridized carbons (Fsp3) is 0.321. The number of hydrogen-bond acceptors (Lipinski definition) is 10. The average Bonchev–Trinajstić information content (AvgIpc) is 3.00. The maximum atomic E-state index is 13.1. The molecule has 0 radical (unpaired) electrons. The van der Waals surface area contributed by atoms with Crippen molar-refractivity contribution >= 4 is 28.7 Å². The standard InChI is InChI=1S/C28H31N5O7S/c1-32-25-23(27(35)33(2)28(32)36)26(31-24(30-25)17-8-10-19(38-4)21(14-17)40-6)41-15-22(34)29-12-11-16-7-9-18(37-3)20(13-16)39-5/h7-10,13-14H,11-12,15H2,1-6H3,(H,29,34). The molecule has 1 N–H and O–H groups in total. The summed E-state index contributed by atoms with van der Waals surface area (Å²) < 4.78 is 23.6.